The van der Waals surface area contributed by atoms with Crippen molar-refractivity contribution < 1.29 is 0 Å². The Bertz CT molecular complexity index is 394. The summed E-state index contributed by atoms with van der Waals surface area (Å²) in [7, 11) is 0. The summed E-state index contributed by atoms with van der Waals surface area (Å²) >= 11 is 1.52. The lowest BCUT2D eigenvalue weighted by Gasteiger charge is -2.01. The zero-order valence-electron chi connectivity index (χ0n) is 8.53. The summed E-state index contributed by atoms with van der Waals surface area (Å²) in [6.45, 7) is 2.96. The minimum atomic E-state index is 0.888. The second-order valence-electron chi connectivity index (χ2n) is 3.29. The number of rotatable bonds is 5. The third-order valence-electron chi connectivity index (χ3n) is 2.19. The number of nitrogens with one attached hydrogen (secondary N) is 2. The first-order valence-electron chi connectivity index (χ1n) is 4.85. The van der Waals surface area contributed by atoms with Gasteiger partial charge in [-0.1, -0.05) is 11.3 Å². The van der Waals surface area contributed by atoms with Gasteiger partial charge in [0.05, 0.1) is 6.20 Å². The molecule has 0 amide bonds. The maximum atomic E-state index is 3.98. The van der Waals surface area contributed by atoms with E-state index in [0.29, 0.717) is 0 Å². The average Bonchev–Trinajstić information content (AvgIpc) is 2.85. The van der Waals surface area contributed by atoms with E-state index in [1.165, 1.54) is 16.9 Å². The van der Waals surface area contributed by atoms with Crippen LogP contribution in [0.5, 0.6) is 0 Å². The summed E-state index contributed by atoms with van der Waals surface area (Å²) in [4.78, 5) is 0. The molecule has 0 fully saturated rings. The summed E-state index contributed by atoms with van der Waals surface area (Å²) in [5.41, 5.74) is 4.17. The minimum absolute atomic E-state index is 0.888. The van der Waals surface area contributed by atoms with E-state index in [2.05, 4.69) is 25.7 Å². The highest BCUT2D eigenvalue weighted by atomic mass is 32.1. The highest BCUT2D eigenvalue weighted by molar-refractivity contribution is 7.13. The Hall–Kier alpha value is -1.43. The number of H-pyrrole nitrogens is 1. The Morgan fingerprint density at radius 3 is 3.13 bits per heavy atom. The molecule has 0 radical (unpaired) electrons. The fraction of sp³-hybridized carbons (Fsp3) is 0.444. The van der Waals surface area contributed by atoms with E-state index in [-0.39, 0.29) is 0 Å². The van der Waals surface area contributed by atoms with Crippen molar-refractivity contribution in [3.63, 3.8) is 0 Å². The number of aromatic nitrogens is 4. The fourth-order valence-electron chi connectivity index (χ4n) is 1.35. The number of nitrogens with zero attached hydrogens (tertiary/aromatic N) is 3. The Kier molecular flexibility index (Phi) is 3.29. The van der Waals surface area contributed by atoms with Gasteiger partial charge in [0, 0.05) is 12.2 Å². The van der Waals surface area contributed by atoms with Crippen LogP contribution in [0.15, 0.2) is 11.7 Å². The zero-order chi connectivity index (χ0) is 10.5. The molecular formula is C9H13N5S. The SMILES string of the molecule is Cc1[nH]ncc1CCCNc1nncs1. The van der Waals surface area contributed by atoms with Gasteiger partial charge in [-0.25, -0.2) is 0 Å². The van der Waals surface area contributed by atoms with Gasteiger partial charge in [-0.15, -0.1) is 10.2 Å². The molecule has 0 aliphatic carbocycles. The van der Waals surface area contributed by atoms with Crippen LogP contribution in [-0.2, 0) is 6.42 Å². The number of hydrogen-bond acceptors (Lipinski definition) is 5. The summed E-state index contributed by atoms with van der Waals surface area (Å²) in [5.74, 6) is 0. The highest BCUT2D eigenvalue weighted by Gasteiger charge is 2.00. The molecule has 2 heterocycles. The van der Waals surface area contributed by atoms with Crippen LogP contribution in [0.3, 0.4) is 0 Å². The van der Waals surface area contributed by atoms with Gasteiger partial charge >= 0.3 is 0 Å². The van der Waals surface area contributed by atoms with Crippen molar-refractivity contribution in [3.8, 4) is 0 Å². The summed E-state index contributed by atoms with van der Waals surface area (Å²) in [6, 6.07) is 0. The van der Waals surface area contributed by atoms with Crippen LogP contribution >= 0.6 is 11.3 Å². The molecule has 2 N–H and O–H groups in total. The van der Waals surface area contributed by atoms with E-state index in [1.54, 1.807) is 5.51 Å². The van der Waals surface area contributed by atoms with Crippen molar-refractivity contribution in [1.82, 2.24) is 20.4 Å². The van der Waals surface area contributed by atoms with Crippen LogP contribution in [0.2, 0.25) is 0 Å². The van der Waals surface area contributed by atoms with Crippen molar-refractivity contribution in [2.45, 2.75) is 19.8 Å². The Labute approximate surface area is 91.9 Å². The smallest absolute Gasteiger partial charge is 0.205 e. The second kappa shape index (κ2) is 4.88. The monoisotopic (exact) mass is 223 g/mol. The second-order valence-corrected chi connectivity index (χ2v) is 4.13. The van der Waals surface area contributed by atoms with E-state index in [9.17, 15) is 0 Å². The third-order valence-corrected chi connectivity index (χ3v) is 2.84. The van der Waals surface area contributed by atoms with E-state index in [0.717, 1.165) is 30.2 Å². The number of aromatic amines is 1. The zero-order valence-corrected chi connectivity index (χ0v) is 9.34. The maximum absolute atomic E-state index is 3.98. The summed E-state index contributed by atoms with van der Waals surface area (Å²) in [5, 5.41) is 18.7. The van der Waals surface area contributed by atoms with Gasteiger partial charge < -0.3 is 5.32 Å². The van der Waals surface area contributed by atoms with Gasteiger partial charge in [0.1, 0.15) is 5.51 Å². The lowest BCUT2D eigenvalue weighted by atomic mass is 10.1. The molecule has 0 atom stereocenters. The molecule has 2 aromatic rings. The van der Waals surface area contributed by atoms with Gasteiger partial charge in [0.15, 0.2) is 0 Å². The first-order chi connectivity index (χ1) is 7.36. The molecule has 0 aliphatic heterocycles. The van der Waals surface area contributed by atoms with Crippen molar-refractivity contribution >= 4 is 16.5 Å². The largest absolute Gasteiger partial charge is 0.360 e. The van der Waals surface area contributed by atoms with Gasteiger partial charge in [-0.2, -0.15) is 5.10 Å². The maximum Gasteiger partial charge on any atom is 0.205 e. The van der Waals surface area contributed by atoms with Crippen LogP contribution < -0.4 is 5.32 Å². The van der Waals surface area contributed by atoms with Crippen molar-refractivity contribution in [2.75, 3.05) is 11.9 Å². The molecule has 15 heavy (non-hydrogen) atoms. The lowest BCUT2D eigenvalue weighted by molar-refractivity contribution is 0.853. The molecule has 0 aromatic carbocycles. The Balaban J connectivity index is 1.70. The number of anilines is 1. The number of hydrogen-bond donors (Lipinski definition) is 2. The predicted octanol–water partition coefficient (Wildman–Crippen LogP) is 1.61. The van der Waals surface area contributed by atoms with Crippen LogP contribution in [0.1, 0.15) is 17.7 Å². The normalized spacial score (nSPS) is 10.5. The first kappa shape index (κ1) is 10.1. The first-order valence-corrected chi connectivity index (χ1v) is 5.73. The number of aryl methyl sites for hydroxylation is 2. The van der Waals surface area contributed by atoms with Crippen LogP contribution in [-0.4, -0.2) is 26.9 Å². The molecule has 0 saturated heterocycles. The Morgan fingerprint density at radius 1 is 1.53 bits per heavy atom. The summed E-state index contributed by atoms with van der Waals surface area (Å²) < 4.78 is 0. The van der Waals surface area contributed by atoms with Gasteiger partial charge in [-0.05, 0) is 25.3 Å². The molecule has 2 rings (SSSR count). The summed E-state index contributed by atoms with van der Waals surface area (Å²) in [6.07, 6.45) is 3.99. The van der Waals surface area contributed by atoms with Gasteiger partial charge in [0.2, 0.25) is 5.13 Å². The molecular weight excluding hydrogens is 210 g/mol. The van der Waals surface area contributed by atoms with Crippen molar-refractivity contribution in [2.24, 2.45) is 0 Å². The molecule has 6 heteroatoms. The van der Waals surface area contributed by atoms with Crippen LogP contribution in [0, 0.1) is 6.92 Å². The molecule has 2 aromatic heterocycles. The standard InChI is InChI=1S/C9H13N5S/c1-7-8(5-11-13-7)3-2-4-10-9-14-12-6-15-9/h5-6H,2-4H2,1H3,(H,10,14)(H,11,13). The fourth-order valence-corrected chi connectivity index (χ4v) is 1.83. The minimum Gasteiger partial charge on any atom is -0.360 e. The Morgan fingerprint density at radius 2 is 2.47 bits per heavy atom. The quantitative estimate of drug-likeness (QED) is 0.756. The van der Waals surface area contributed by atoms with Gasteiger partial charge in [0.25, 0.3) is 0 Å². The van der Waals surface area contributed by atoms with E-state index >= 15 is 0 Å². The van der Waals surface area contributed by atoms with E-state index in [1.807, 2.05) is 13.1 Å². The molecule has 80 valence electrons. The molecule has 0 spiro atoms. The predicted molar refractivity (Wildman–Crippen MR) is 60.0 cm³/mol. The molecule has 0 bridgehead atoms. The third kappa shape index (κ3) is 2.76. The van der Waals surface area contributed by atoms with Crippen LogP contribution in [0.4, 0.5) is 5.13 Å². The molecule has 0 saturated carbocycles. The average molecular weight is 223 g/mol. The topological polar surface area (TPSA) is 66.5 Å². The van der Waals surface area contributed by atoms with Crippen LogP contribution in [0.25, 0.3) is 0 Å². The van der Waals surface area contributed by atoms with Crippen molar-refractivity contribution in [1.29, 1.82) is 0 Å². The lowest BCUT2D eigenvalue weighted by Crippen LogP contribution is -2.02. The van der Waals surface area contributed by atoms with Crippen molar-refractivity contribution in [3.05, 3.63) is 23.0 Å². The molecule has 5 nitrogen and oxygen atoms in total. The highest BCUT2D eigenvalue weighted by Crippen LogP contribution is 2.09. The van der Waals surface area contributed by atoms with E-state index < -0.39 is 0 Å². The van der Waals surface area contributed by atoms with Gasteiger partial charge in [-0.3, -0.25) is 5.10 Å². The molecule has 0 aliphatic rings. The van der Waals surface area contributed by atoms with E-state index in [4.69, 9.17) is 0 Å². The molecule has 0 unspecified atom stereocenters.